The van der Waals surface area contributed by atoms with Crippen LogP contribution in [0.4, 0.5) is 5.69 Å². The number of anilines is 1. The van der Waals surface area contributed by atoms with Crippen molar-refractivity contribution in [2.24, 2.45) is 0 Å². The molecule has 2 rings (SSSR count). The molecule has 0 aliphatic carbocycles. The molecule has 0 spiro atoms. The first-order valence-electron chi connectivity index (χ1n) is 6.65. The summed E-state index contributed by atoms with van der Waals surface area (Å²) in [5.41, 5.74) is 1.56. The number of aromatic nitrogens is 1. The summed E-state index contributed by atoms with van der Waals surface area (Å²) in [7, 11) is 3.14. The number of carbonyl (C=O) groups excluding carboxylic acids is 1. The highest BCUT2D eigenvalue weighted by Crippen LogP contribution is 2.31. The average Bonchev–Trinajstić information content (AvgIpc) is 2.92. The van der Waals surface area contributed by atoms with Gasteiger partial charge in [0.2, 0.25) is 5.91 Å². The second-order valence-corrected chi connectivity index (χ2v) is 7.02. The Morgan fingerprint density at radius 3 is 2.73 bits per heavy atom. The van der Waals surface area contributed by atoms with Crippen molar-refractivity contribution in [2.75, 3.05) is 19.5 Å². The molecule has 5 nitrogen and oxygen atoms in total. The van der Waals surface area contributed by atoms with Crippen LogP contribution >= 0.6 is 23.1 Å². The lowest BCUT2D eigenvalue weighted by Crippen LogP contribution is -2.22. The van der Waals surface area contributed by atoms with Crippen LogP contribution in [0.3, 0.4) is 0 Å². The topological polar surface area (TPSA) is 60.5 Å². The molecule has 1 aromatic carbocycles. The van der Waals surface area contributed by atoms with E-state index in [9.17, 15) is 4.79 Å². The third-order valence-corrected chi connectivity index (χ3v) is 5.10. The molecule has 0 radical (unpaired) electrons. The Labute approximate surface area is 138 Å². The number of carbonyl (C=O) groups is 1. The molecule has 1 atom stereocenters. The molecule has 1 unspecified atom stereocenters. The third-order valence-electron chi connectivity index (χ3n) is 2.91. The Bertz CT molecular complexity index is 658. The number of hydrogen-bond acceptors (Lipinski definition) is 6. The van der Waals surface area contributed by atoms with E-state index in [0.29, 0.717) is 17.2 Å². The van der Waals surface area contributed by atoms with Gasteiger partial charge in [-0.15, -0.1) is 11.3 Å². The number of thioether (sulfide) groups is 1. The minimum Gasteiger partial charge on any atom is -0.497 e. The Morgan fingerprint density at radius 2 is 2.14 bits per heavy atom. The Kier molecular flexibility index (Phi) is 5.68. The van der Waals surface area contributed by atoms with Gasteiger partial charge in [-0.3, -0.25) is 4.79 Å². The highest BCUT2D eigenvalue weighted by atomic mass is 32.2. The molecular weight excluding hydrogens is 320 g/mol. The molecular formula is C15H18N2O3S2. The van der Waals surface area contributed by atoms with Gasteiger partial charge in [0.1, 0.15) is 11.5 Å². The number of nitrogens with one attached hydrogen (secondary N) is 1. The molecule has 22 heavy (non-hydrogen) atoms. The first-order chi connectivity index (χ1) is 10.5. The molecule has 2 aromatic rings. The predicted molar refractivity (Wildman–Crippen MR) is 90.3 cm³/mol. The zero-order valence-electron chi connectivity index (χ0n) is 12.9. The van der Waals surface area contributed by atoms with E-state index in [1.807, 2.05) is 19.2 Å². The molecule has 0 saturated carbocycles. The van der Waals surface area contributed by atoms with Gasteiger partial charge in [0.05, 0.1) is 25.2 Å². The Hall–Kier alpha value is -1.73. The van der Waals surface area contributed by atoms with Crippen LogP contribution in [0.25, 0.3) is 0 Å². The van der Waals surface area contributed by atoms with Gasteiger partial charge < -0.3 is 14.8 Å². The largest absolute Gasteiger partial charge is 0.497 e. The summed E-state index contributed by atoms with van der Waals surface area (Å²) in [6.45, 7) is 3.79. The van der Waals surface area contributed by atoms with E-state index in [2.05, 4.69) is 10.3 Å². The van der Waals surface area contributed by atoms with Gasteiger partial charge in [-0.25, -0.2) is 4.98 Å². The van der Waals surface area contributed by atoms with Crippen LogP contribution in [0.5, 0.6) is 11.5 Å². The first kappa shape index (κ1) is 16.6. The second-order valence-electron chi connectivity index (χ2n) is 4.57. The summed E-state index contributed by atoms with van der Waals surface area (Å²) < 4.78 is 11.3. The van der Waals surface area contributed by atoms with Crippen LogP contribution in [0.2, 0.25) is 0 Å². The van der Waals surface area contributed by atoms with Gasteiger partial charge in [-0.2, -0.15) is 0 Å². The van der Waals surface area contributed by atoms with Crippen molar-refractivity contribution in [1.29, 1.82) is 0 Å². The van der Waals surface area contributed by atoms with E-state index in [1.165, 1.54) is 11.8 Å². The van der Waals surface area contributed by atoms with Gasteiger partial charge in [-0.05, 0) is 26.0 Å². The molecule has 1 aromatic heterocycles. The summed E-state index contributed by atoms with van der Waals surface area (Å²) in [5, 5.41) is 4.58. The van der Waals surface area contributed by atoms with Crippen LogP contribution in [0.1, 0.15) is 12.6 Å². The third kappa shape index (κ3) is 4.14. The average molecular weight is 338 g/mol. The van der Waals surface area contributed by atoms with E-state index >= 15 is 0 Å². The standard InChI is InChI=1S/C15H18N2O3S2/c1-9-8-21-15(16-9)22-10(2)14(18)17-12-7-11(19-3)5-6-13(12)20-4/h5-8,10H,1-4H3,(H,17,18). The number of ether oxygens (including phenoxy) is 2. The number of aryl methyl sites for hydroxylation is 1. The minimum atomic E-state index is -0.263. The fourth-order valence-electron chi connectivity index (χ4n) is 1.74. The van der Waals surface area contributed by atoms with Crippen molar-refractivity contribution in [2.45, 2.75) is 23.4 Å². The molecule has 1 N–H and O–H groups in total. The summed E-state index contributed by atoms with van der Waals surface area (Å²) >= 11 is 2.98. The van der Waals surface area contributed by atoms with E-state index in [0.717, 1.165) is 10.0 Å². The van der Waals surface area contributed by atoms with Gasteiger partial charge in [0.25, 0.3) is 0 Å². The molecule has 1 heterocycles. The maximum absolute atomic E-state index is 12.3. The van der Waals surface area contributed by atoms with E-state index < -0.39 is 0 Å². The zero-order chi connectivity index (χ0) is 16.1. The van der Waals surface area contributed by atoms with Gasteiger partial charge >= 0.3 is 0 Å². The number of nitrogens with zero attached hydrogens (tertiary/aromatic N) is 1. The molecule has 0 saturated heterocycles. The zero-order valence-corrected chi connectivity index (χ0v) is 14.5. The number of rotatable bonds is 6. The van der Waals surface area contributed by atoms with Crippen LogP contribution < -0.4 is 14.8 Å². The molecule has 0 aliphatic rings. The predicted octanol–water partition coefficient (Wildman–Crippen LogP) is 3.59. The minimum absolute atomic E-state index is 0.107. The van der Waals surface area contributed by atoms with Crippen LogP contribution in [0.15, 0.2) is 27.9 Å². The van der Waals surface area contributed by atoms with Crippen molar-refractivity contribution in [3.05, 3.63) is 29.3 Å². The van der Waals surface area contributed by atoms with Crippen molar-refractivity contribution < 1.29 is 14.3 Å². The SMILES string of the molecule is COc1ccc(OC)c(NC(=O)C(C)Sc2nc(C)cs2)c1. The molecule has 0 aliphatic heterocycles. The smallest absolute Gasteiger partial charge is 0.237 e. The molecule has 1 amide bonds. The molecule has 0 fully saturated rings. The fourth-order valence-corrected chi connectivity index (χ4v) is 3.72. The Morgan fingerprint density at radius 1 is 1.36 bits per heavy atom. The van der Waals surface area contributed by atoms with Crippen molar-refractivity contribution >= 4 is 34.7 Å². The normalized spacial score (nSPS) is 11.8. The maximum atomic E-state index is 12.3. The highest BCUT2D eigenvalue weighted by molar-refractivity contribution is 8.02. The number of amides is 1. The van der Waals surface area contributed by atoms with E-state index in [4.69, 9.17) is 9.47 Å². The maximum Gasteiger partial charge on any atom is 0.237 e. The summed E-state index contributed by atoms with van der Waals surface area (Å²) in [6.07, 6.45) is 0. The number of methoxy groups -OCH3 is 2. The molecule has 118 valence electrons. The number of thiazole rings is 1. The van der Waals surface area contributed by atoms with Gasteiger partial charge in [0, 0.05) is 17.1 Å². The lowest BCUT2D eigenvalue weighted by molar-refractivity contribution is -0.115. The number of benzene rings is 1. The summed E-state index contributed by atoms with van der Waals surface area (Å²) in [5.74, 6) is 1.15. The fraction of sp³-hybridized carbons (Fsp3) is 0.333. The van der Waals surface area contributed by atoms with Gasteiger partial charge in [-0.1, -0.05) is 11.8 Å². The van der Waals surface area contributed by atoms with Crippen molar-refractivity contribution in [3.63, 3.8) is 0 Å². The Balaban J connectivity index is 2.07. The molecule has 7 heteroatoms. The van der Waals surface area contributed by atoms with Crippen LogP contribution in [-0.4, -0.2) is 30.4 Å². The van der Waals surface area contributed by atoms with Crippen LogP contribution in [0, 0.1) is 6.92 Å². The first-order valence-corrected chi connectivity index (χ1v) is 8.41. The lowest BCUT2D eigenvalue weighted by Gasteiger charge is -2.14. The summed E-state index contributed by atoms with van der Waals surface area (Å²) in [6, 6.07) is 5.28. The van der Waals surface area contributed by atoms with Crippen LogP contribution in [-0.2, 0) is 4.79 Å². The highest BCUT2D eigenvalue weighted by Gasteiger charge is 2.18. The summed E-state index contributed by atoms with van der Waals surface area (Å²) in [4.78, 5) is 16.7. The number of hydrogen-bond donors (Lipinski definition) is 1. The lowest BCUT2D eigenvalue weighted by atomic mass is 10.2. The second kappa shape index (κ2) is 7.51. The molecule has 0 bridgehead atoms. The van der Waals surface area contributed by atoms with Gasteiger partial charge in [0.15, 0.2) is 4.34 Å². The van der Waals surface area contributed by atoms with Crippen molar-refractivity contribution in [1.82, 2.24) is 4.98 Å². The van der Waals surface area contributed by atoms with E-state index in [1.54, 1.807) is 43.8 Å². The quantitative estimate of drug-likeness (QED) is 0.816. The monoisotopic (exact) mass is 338 g/mol. The van der Waals surface area contributed by atoms with Crippen molar-refractivity contribution in [3.8, 4) is 11.5 Å². The van der Waals surface area contributed by atoms with E-state index in [-0.39, 0.29) is 11.2 Å².